The van der Waals surface area contributed by atoms with Gasteiger partial charge in [0, 0.05) is 40.8 Å². The number of halogens is 1. The summed E-state index contributed by atoms with van der Waals surface area (Å²) < 4.78 is 25.0. The van der Waals surface area contributed by atoms with Gasteiger partial charge in [0.2, 0.25) is 0 Å². The van der Waals surface area contributed by atoms with Crippen LogP contribution in [0.25, 0.3) is 22.3 Å². The highest BCUT2D eigenvalue weighted by Gasteiger charge is 2.49. The van der Waals surface area contributed by atoms with Crippen molar-refractivity contribution in [3.8, 4) is 11.3 Å². The van der Waals surface area contributed by atoms with E-state index in [0.29, 0.717) is 46.7 Å². The summed E-state index contributed by atoms with van der Waals surface area (Å²) in [5.74, 6) is -0.373. The number of nitrogens with zero attached hydrogens (tertiary/aromatic N) is 1. The molecule has 0 radical (unpaired) electrons. The Morgan fingerprint density at radius 1 is 1.11 bits per heavy atom. The first-order valence-electron chi connectivity index (χ1n) is 11.6. The maximum Gasteiger partial charge on any atom is 0.414 e. The molecule has 0 bridgehead atoms. The lowest BCUT2D eigenvalue weighted by molar-refractivity contribution is 0.0964. The van der Waals surface area contributed by atoms with Crippen molar-refractivity contribution in [3.05, 3.63) is 47.8 Å². The van der Waals surface area contributed by atoms with Crippen molar-refractivity contribution in [2.45, 2.75) is 38.8 Å². The van der Waals surface area contributed by atoms with E-state index >= 15 is 0 Å². The maximum atomic E-state index is 13.6. The number of carbonyl (C=O) groups excluding carboxylic acids is 2. The Kier molecular flexibility index (Phi) is 5.41. The van der Waals surface area contributed by atoms with Gasteiger partial charge in [0.15, 0.2) is 0 Å². The second-order valence-electron chi connectivity index (χ2n) is 10.0. The number of benzene rings is 2. The standard InChI is InChI=1S/C25H28BFN4O4/c1-24(2)25(3,4)30-26(29-24)17-12-16-19(13-18(17)31-10-11-34-23(31)33)35-21(20(16)22(32)28-5)14-6-8-15(27)9-7-14/h6-9,12-13,29-30H,10-11H2,1-5H3,(H,28,32). The third kappa shape index (κ3) is 3.77. The number of anilines is 1. The Hall–Kier alpha value is -3.37. The van der Waals surface area contributed by atoms with Gasteiger partial charge in [-0.25, -0.2) is 9.18 Å². The molecule has 3 heterocycles. The van der Waals surface area contributed by atoms with Gasteiger partial charge < -0.3 is 24.9 Å². The largest absolute Gasteiger partial charge is 0.455 e. The zero-order valence-electron chi connectivity index (χ0n) is 20.4. The Labute approximate surface area is 203 Å². The first-order valence-corrected chi connectivity index (χ1v) is 11.6. The highest BCUT2D eigenvalue weighted by Crippen LogP contribution is 2.36. The molecule has 2 saturated heterocycles. The molecule has 0 spiro atoms. The normalized spacial score (nSPS) is 18.9. The number of furan rings is 1. The molecule has 3 N–H and O–H groups in total. The van der Waals surface area contributed by atoms with Crippen LogP contribution in [0.1, 0.15) is 38.1 Å². The van der Waals surface area contributed by atoms with E-state index in [-0.39, 0.29) is 29.8 Å². The van der Waals surface area contributed by atoms with Gasteiger partial charge in [-0.15, -0.1) is 0 Å². The lowest BCUT2D eigenvalue weighted by Crippen LogP contribution is -2.53. The summed E-state index contributed by atoms with van der Waals surface area (Å²) in [6.45, 7) is 8.86. The van der Waals surface area contributed by atoms with Gasteiger partial charge >= 0.3 is 13.1 Å². The molecular weight excluding hydrogens is 450 g/mol. The molecule has 2 amide bonds. The molecule has 2 aromatic carbocycles. The van der Waals surface area contributed by atoms with Crippen molar-refractivity contribution < 1.29 is 23.1 Å². The Morgan fingerprint density at radius 2 is 1.77 bits per heavy atom. The molecule has 2 aliphatic rings. The molecule has 182 valence electrons. The summed E-state index contributed by atoms with van der Waals surface area (Å²) in [5, 5.41) is 10.5. The lowest BCUT2D eigenvalue weighted by atomic mass is 9.67. The first-order chi connectivity index (χ1) is 16.5. The lowest BCUT2D eigenvalue weighted by Gasteiger charge is -2.34. The van der Waals surface area contributed by atoms with Crippen molar-refractivity contribution >= 4 is 41.1 Å². The number of hydrogen-bond acceptors (Lipinski definition) is 6. The number of hydrogen-bond donors (Lipinski definition) is 3. The minimum atomic E-state index is -0.432. The number of carbonyl (C=O) groups is 2. The number of amides is 2. The molecule has 0 saturated carbocycles. The molecular formula is C25H28BFN4O4. The summed E-state index contributed by atoms with van der Waals surface area (Å²) >= 11 is 0. The fraction of sp³-hybridized carbons (Fsp3) is 0.360. The molecule has 2 aliphatic heterocycles. The molecule has 3 aromatic rings. The molecule has 5 rings (SSSR count). The third-order valence-corrected chi connectivity index (χ3v) is 7.33. The van der Waals surface area contributed by atoms with Crippen LogP contribution in [0, 0.1) is 5.82 Å². The van der Waals surface area contributed by atoms with Crippen LogP contribution in [-0.4, -0.2) is 50.3 Å². The quantitative estimate of drug-likeness (QED) is 0.500. The van der Waals surface area contributed by atoms with Gasteiger partial charge in [0.25, 0.3) is 5.91 Å². The zero-order valence-corrected chi connectivity index (χ0v) is 20.4. The Bertz CT molecular complexity index is 1320. The van der Waals surface area contributed by atoms with Crippen LogP contribution in [0.3, 0.4) is 0 Å². The molecule has 8 nitrogen and oxygen atoms in total. The summed E-state index contributed by atoms with van der Waals surface area (Å²) in [5.41, 5.74) is 2.29. The second kappa shape index (κ2) is 8.10. The van der Waals surface area contributed by atoms with Crippen LogP contribution in [0.2, 0.25) is 0 Å². The van der Waals surface area contributed by atoms with Crippen LogP contribution >= 0.6 is 0 Å². The predicted molar refractivity (Wildman–Crippen MR) is 134 cm³/mol. The summed E-state index contributed by atoms with van der Waals surface area (Å²) in [7, 11) is 1.55. The van der Waals surface area contributed by atoms with Crippen molar-refractivity contribution in [1.29, 1.82) is 0 Å². The number of fused-ring (bicyclic) bond motifs is 1. The average Bonchev–Trinajstić information content (AvgIpc) is 3.45. The van der Waals surface area contributed by atoms with Crippen LogP contribution in [0.15, 0.2) is 40.8 Å². The molecule has 0 aliphatic carbocycles. The number of rotatable bonds is 4. The van der Waals surface area contributed by atoms with Crippen LogP contribution in [-0.2, 0) is 4.74 Å². The molecule has 0 unspecified atom stereocenters. The van der Waals surface area contributed by atoms with Crippen LogP contribution in [0.5, 0.6) is 0 Å². The summed E-state index contributed by atoms with van der Waals surface area (Å²) in [6.07, 6.45) is -0.432. The van der Waals surface area contributed by atoms with E-state index in [2.05, 4.69) is 43.5 Å². The summed E-state index contributed by atoms with van der Waals surface area (Å²) in [6, 6.07) is 9.46. The highest BCUT2D eigenvalue weighted by atomic mass is 19.1. The Balaban J connectivity index is 1.75. The van der Waals surface area contributed by atoms with E-state index in [1.165, 1.54) is 12.1 Å². The van der Waals surface area contributed by atoms with E-state index in [0.717, 1.165) is 5.46 Å². The van der Waals surface area contributed by atoms with Gasteiger partial charge in [-0.2, -0.15) is 0 Å². The minimum Gasteiger partial charge on any atom is -0.455 e. The average molecular weight is 478 g/mol. The van der Waals surface area contributed by atoms with Crippen molar-refractivity contribution in [2.75, 3.05) is 25.1 Å². The fourth-order valence-electron chi connectivity index (χ4n) is 4.66. The highest BCUT2D eigenvalue weighted by molar-refractivity contribution is 6.71. The SMILES string of the molecule is CNC(=O)c1c(-c2ccc(F)cc2)oc2cc(N3CCOC3=O)c(B3NC(C)(C)C(C)(C)N3)cc12. The van der Waals surface area contributed by atoms with Gasteiger partial charge in [-0.3, -0.25) is 9.69 Å². The van der Waals surface area contributed by atoms with Crippen molar-refractivity contribution in [3.63, 3.8) is 0 Å². The molecule has 35 heavy (non-hydrogen) atoms. The topological polar surface area (TPSA) is 95.8 Å². The van der Waals surface area contributed by atoms with Crippen molar-refractivity contribution in [2.24, 2.45) is 0 Å². The molecule has 1 aromatic heterocycles. The van der Waals surface area contributed by atoms with E-state index in [1.807, 2.05) is 6.07 Å². The third-order valence-electron chi connectivity index (χ3n) is 7.33. The number of ether oxygens (including phenoxy) is 1. The van der Waals surface area contributed by atoms with Gasteiger partial charge in [-0.1, -0.05) is 6.07 Å². The molecule has 10 heteroatoms. The fourth-order valence-corrected chi connectivity index (χ4v) is 4.66. The van der Waals surface area contributed by atoms with E-state index in [4.69, 9.17) is 9.15 Å². The number of nitrogens with one attached hydrogen (secondary N) is 3. The van der Waals surface area contributed by atoms with E-state index in [1.54, 1.807) is 30.1 Å². The first kappa shape index (κ1) is 23.4. The minimum absolute atomic E-state index is 0.255. The maximum absolute atomic E-state index is 13.6. The molecule has 2 fully saturated rings. The van der Waals surface area contributed by atoms with Crippen LogP contribution in [0.4, 0.5) is 14.9 Å². The second-order valence-corrected chi connectivity index (χ2v) is 10.0. The van der Waals surface area contributed by atoms with Gasteiger partial charge in [0.05, 0.1) is 12.1 Å². The Morgan fingerprint density at radius 3 is 2.34 bits per heavy atom. The van der Waals surface area contributed by atoms with Crippen molar-refractivity contribution in [1.82, 2.24) is 15.8 Å². The smallest absolute Gasteiger partial charge is 0.414 e. The zero-order chi connectivity index (χ0) is 25.1. The summed E-state index contributed by atoms with van der Waals surface area (Å²) in [4.78, 5) is 27.1. The van der Waals surface area contributed by atoms with Crippen LogP contribution < -0.4 is 26.1 Å². The van der Waals surface area contributed by atoms with Gasteiger partial charge in [-0.05, 0) is 57.4 Å². The monoisotopic (exact) mass is 478 g/mol. The van der Waals surface area contributed by atoms with E-state index < -0.39 is 6.09 Å². The predicted octanol–water partition coefficient (Wildman–Crippen LogP) is 3.00. The van der Waals surface area contributed by atoms with Gasteiger partial charge in [0.1, 0.15) is 23.8 Å². The molecule has 0 atom stereocenters. The number of cyclic esters (lactones) is 1. The van der Waals surface area contributed by atoms with E-state index in [9.17, 15) is 14.0 Å².